The number of nitrogens with zero attached hydrogens (tertiary/aromatic N) is 2. The Morgan fingerprint density at radius 2 is 1.92 bits per heavy atom. The van der Waals surface area contributed by atoms with Gasteiger partial charge in [-0.3, -0.25) is 19.2 Å². The Morgan fingerprint density at radius 1 is 1.23 bits per heavy atom. The lowest BCUT2D eigenvalue weighted by Crippen LogP contribution is -2.53. The van der Waals surface area contributed by atoms with E-state index >= 15 is 0 Å². The van der Waals surface area contributed by atoms with Gasteiger partial charge in [-0.1, -0.05) is 56.2 Å². The van der Waals surface area contributed by atoms with Gasteiger partial charge in [0, 0.05) is 44.7 Å². The number of rotatable bonds is 8. The van der Waals surface area contributed by atoms with Crippen LogP contribution >= 0.6 is 24.2 Å². The molecule has 14 heteroatoms. The first kappa shape index (κ1) is 41.7. The van der Waals surface area contributed by atoms with E-state index in [1.165, 1.54) is 31.1 Å². The Kier molecular flexibility index (Phi) is 13.2. The number of ether oxygens (including phenoxy) is 5. The fraction of sp³-hybridized carbons (Fsp3) is 0.632. The first-order valence-electron chi connectivity index (χ1n) is 17.5. The Bertz CT molecular complexity index is 1590. The average molecular weight is 765 g/mol. The van der Waals surface area contributed by atoms with Gasteiger partial charge < -0.3 is 38.6 Å². The van der Waals surface area contributed by atoms with Crippen LogP contribution in [-0.4, -0.2) is 109 Å². The topological polar surface area (TPSA) is 144 Å². The highest BCUT2D eigenvalue weighted by Crippen LogP contribution is 2.49. The molecular formula is C38H53ClN2O10S. The Balaban J connectivity index is 1.72. The molecule has 0 saturated carbocycles. The zero-order chi connectivity index (χ0) is 38.8. The van der Waals surface area contributed by atoms with Crippen molar-refractivity contribution in [3.05, 3.63) is 46.5 Å². The number of epoxide rings is 1. The molecule has 2 saturated heterocycles. The number of amides is 2. The third-order valence-electron chi connectivity index (χ3n) is 10.2. The van der Waals surface area contributed by atoms with Crippen LogP contribution in [-0.2, 0) is 44.5 Å². The highest BCUT2D eigenvalue weighted by atomic mass is 35.5. The van der Waals surface area contributed by atoms with Crippen LogP contribution < -0.4 is 9.64 Å². The summed E-state index contributed by atoms with van der Waals surface area (Å²) in [7, 11) is 6.06. The molecule has 288 valence electrons. The molecule has 2 amide bonds. The molecule has 1 aromatic rings. The molecule has 52 heavy (non-hydrogen) atoms. The molecule has 3 aliphatic heterocycles. The molecule has 12 nitrogen and oxygen atoms in total. The molecule has 1 aromatic carbocycles. The first-order valence-corrected chi connectivity index (χ1v) is 18.3. The van der Waals surface area contributed by atoms with Crippen molar-refractivity contribution in [3.63, 3.8) is 0 Å². The predicted molar refractivity (Wildman–Crippen MR) is 200 cm³/mol. The van der Waals surface area contributed by atoms with E-state index < -0.39 is 59.4 Å². The maximum Gasteiger partial charge on any atom is 0.326 e. The maximum atomic E-state index is 14.1. The summed E-state index contributed by atoms with van der Waals surface area (Å²) in [5, 5.41) is 12.0. The van der Waals surface area contributed by atoms with Crippen molar-refractivity contribution in [2.24, 2.45) is 5.92 Å². The molecule has 3 heterocycles. The number of benzene rings is 1. The predicted octanol–water partition coefficient (Wildman–Crippen LogP) is 4.86. The van der Waals surface area contributed by atoms with Gasteiger partial charge in [0.05, 0.1) is 31.7 Å². The minimum atomic E-state index is -1.57. The molecule has 0 aromatic heterocycles. The maximum absolute atomic E-state index is 14.1. The molecule has 1 N–H and O–H groups in total. The zero-order valence-corrected chi connectivity index (χ0v) is 33.2. The van der Waals surface area contributed by atoms with E-state index in [9.17, 15) is 24.3 Å². The van der Waals surface area contributed by atoms with E-state index in [1.54, 1.807) is 38.3 Å². The van der Waals surface area contributed by atoms with E-state index in [1.807, 2.05) is 33.8 Å². The van der Waals surface area contributed by atoms with Crippen LogP contribution in [0.15, 0.2) is 35.9 Å². The Labute approximate surface area is 317 Å². The van der Waals surface area contributed by atoms with E-state index in [2.05, 4.69) is 12.6 Å². The number of halogens is 1. The smallest absolute Gasteiger partial charge is 0.326 e. The highest BCUT2D eigenvalue weighted by Gasteiger charge is 2.64. The summed E-state index contributed by atoms with van der Waals surface area (Å²) in [6.45, 7) is 8.95. The minimum Gasteiger partial charge on any atom is -0.495 e. The largest absolute Gasteiger partial charge is 0.495 e. The van der Waals surface area contributed by atoms with Crippen molar-refractivity contribution >= 4 is 53.7 Å². The lowest BCUT2D eigenvalue weighted by molar-refractivity contribution is -0.187. The van der Waals surface area contributed by atoms with Crippen molar-refractivity contribution in [2.75, 3.05) is 39.8 Å². The second kappa shape index (κ2) is 16.5. The van der Waals surface area contributed by atoms with Gasteiger partial charge in [0.2, 0.25) is 11.8 Å². The van der Waals surface area contributed by atoms with Gasteiger partial charge in [-0.25, -0.2) is 0 Å². The number of methoxy groups -OCH3 is 2. The molecular weight excluding hydrogens is 712 g/mol. The van der Waals surface area contributed by atoms with Crippen LogP contribution in [0.1, 0.15) is 72.3 Å². The SMILES string of the molecule is COc1cc2cc(c1Cl)N(C)C(=O)C[C@H](OC(=O)CN(C)C(=O)CCC(C)(C)S)[C@]1(C)O[C@H]1[C@H](C)[C@@H]1C[C@@](O)(CC(=O)O1)[C@H](OC)/C=C/C=C(\C)C2. The van der Waals surface area contributed by atoms with Crippen LogP contribution in [0.2, 0.25) is 5.02 Å². The molecule has 2 fully saturated rings. The van der Waals surface area contributed by atoms with E-state index in [0.29, 0.717) is 24.3 Å². The lowest BCUT2D eigenvalue weighted by Gasteiger charge is -2.41. The zero-order valence-electron chi connectivity index (χ0n) is 31.6. The number of likely N-dealkylation sites (N-methyl/N-ethyl adjacent to an activating group) is 1. The summed E-state index contributed by atoms with van der Waals surface area (Å²) in [5.41, 5.74) is -0.583. The lowest BCUT2D eigenvalue weighted by atomic mass is 9.78. The van der Waals surface area contributed by atoms with Gasteiger partial charge in [0.15, 0.2) is 0 Å². The van der Waals surface area contributed by atoms with Crippen molar-refractivity contribution < 1.29 is 48.0 Å². The summed E-state index contributed by atoms with van der Waals surface area (Å²) in [5.74, 6) is -2.08. The van der Waals surface area contributed by atoms with Crippen molar-refractivity contribution in [3.8, 4) is 5.75 Å². The number of thiol groups is 1. The molecule has 7 atom stereocenters. The number of allylic oxidation sites excluding steroid dienone is 3. The average Bonchev–Trinajstić information content (AvgIpc) is 3.76. The summed E-state index contributed by atoms with van der Waals surface area (Å²) in [6.07, 6.45) is 2.73. The number of carbonyl (C=O) groups is 4. The normalized spacial score (nSPS) is 31.4. The third kappa shape index (κ3) is 9.90. The Hall–Kier alpha value is -3.10. The van der Waals surface area contributed by atoms with Crippen LogP contribution in [0, 0.1) is 5.92 Å². The minimum absolute atomic E-state index is 0.0631. The summed E-state index contributed by atoms with van der Waals surface area (Å²) in [6, 6.07) is 3.60. The van der Waals surface area contributed by atoms with E-state index in [4.69, 9.17) is 35.3 Å². The standard InChI is InChI=1S/C38H53ClN2O10S/c1-22-11-10-12-28(48-9)38(46)19-27(49-32(44)20-38)23(2)35-37(5,51-35)29(50-33(45)21-40(6)30(42)13-14-36(3,4)52)18-31(43)41(7)25-16-24(15-22)17-26(47-8)34(25)39/h10-12,16-17,23,27-29,35,46,52H,13-15,18-21H2,1-9H3/b12-10+,22-11+/t23-,27+,28-,29+,35+,37+,38-/m1/s1. The van der Waals surface area contributed by atoms with Crippen LogP contribution in [0.25, 0.3) is 0 Å². The summed E-state index contributed by atoms with van der Waals surface area (Å²) < 4.78 is 28.9. The van der Waals surface area contributed by atoms with Gasteiger partial charge in [-0.15, -0.1) is 0 Å². The molecule has 4 bridgehead atoms. The second-order valence-electron chi connectivity index (χ2n) is 15.2. The van der Waals surface area contributed by atoms with Gasteiger partial charge in [-0.2, -0.15) is 12.6 Å². The van der Waals surface area contributed by atoms with Gasteiger partial charge >= 0.3 is 11.9 Å². The fourth-order valence-electron chi connectivity index (χ4n) is 6.94. The van der Waals surface area contributed by atoms with Gasteiger partial charge in [0.1, 0.15) is 46.8 Å². The first-order chi connectivity index (χ1) is 24.2. The highest BCUT2D eigenvalue weighted by molar-refractivity contribution is 7.81. The van der Waals surface area contributed by atoms with Gasteiger partial charge in [0.25, 0.3) is 0 Å². The quantitative estimate of drug-likeness (QED) is 0.214. The number of anilines is 1. The van der Waals surface area contributed by atoms with Crippen LogP contribution in [0.4, 0.5) is 5.69 Å². The number of aliphatic hydroxyl groups is 1. The number of fused-ring (bicyclic) bond motifs is 5. The Morgan fingerprint density at radius 3 is 2.56 bits per heavy atom. The summed E-state index contributed by atoms with van der Waals surface area (Å²) >= 11 is 11.2. The molecule has 0 aliphatic carbocycles. The number of carbonyl (C=O) groups excluding carboxylic acids is 4. The summed E-state index contributed by atoms with van der Waals surface area (Å²) in [4.78, 5) is 55.9. The van der Waals surface area contributed by atoms with Crippen LogP contribution in [0.5, 0.6) is 5.75 Å². The van der Waals surface area contributed by atoms with E-state index in [-0.39, 0.29) is 47.9 Å². The molecule has 4 rings (SSSR count). The van der Waals surface area contributed by atoms with Crippen molar-refractivity contribution in [1.29, 1.82) is 0 Å². The second-order valence-corrected chi connectivity index (χ2v) is 16.7. The van der Waals surface area contributed by atoms with Gasteiger partial charge in [-0.05, 0) is 44.4 Å². The molecule has 3 aliphatic rings. The van der Waals surface area contributed by atoms with Crippen molar-refractivity contribution in [1.82, 2.24) is 4.90 Å². The monoisotopic (exact) mass is 764 g/mol. The number of hydrogen-bond acceptors (Lipinski definition) is 11. The number of hydrogen-bond donors (Lipinski definition) is 2. The molecule has 0 unspecified atom stereocenters. The van der Waals surface area contributed by atoms with Crippen LogP contribution in [0.3, 0.4) is 0 Å². The van der Waals surface area contributed by atoms with E-state index in [0.717, 1.165) is 11.1 Å². The van der Waals surface area contributed by atoms with Crippen molar-refractivity contribution in [2.45, 2.75) is 114 Å². The fourth-order valence-corrected chi connectivity index (χ4v) is 7.37. The third-order valence-corrected chi connectivity index (χ3v) is 10.8. The number of esters is 2. The molecule has 0 spiro atoms. The molecule has 0 radical (unpaired) electrons.